The van der Waals surface area contributed by atoms with Gasteiger partial charge in [0.1, 0.15) is 11.9 Å². The molecule has 2 aliphatic heterocycles. The molecule has 0 bridgehead atoms. The summed E-state index contributed by atoms with van der Waals surface area (Å²) in [6.45, 7) is 20.8. The van der Waals surface area contributed by atoms with Crippen LogP contribution in [0, 0.1) is 11.2 Å². The Morgan fingerprint density at radius 3 is 2.24 bits per heavy atom. The van der Waals surface area contributed by atoms with Crippen molar-refractivity contribution in [1.82, 2.24) is 4.98 Å². The lowest BCUT2D eigenvalue weighted by molar-refractivity contribution is -0.138. The summed E-state index contributed by atoms with van der Waals surface area (Å²) in [6.07, 6.45) is -3.00. The third-order valence-electron chi connectivity index (χ3n) is 9.85. The summed E-state index contributed by atoms with van der Waals surface area (Å²) >= 11 is 0. The van der Waals surface area contributed by atoms with Crippen molar-refractivity contribution in [3.8, 4) is 0 Å². The Hall–Kier alpha value is -1.81. The lowest BCUT2D eigenvalue weighted by Gasteiger charge is -2.46. The van der Waals surface area contributed by atoms with Crippen LogP contribution in [0.3, 0.4) is 0 Å². The minimum atomic E-state index is -4.64. The van der Waals surface area contributed by atoms with Gasteiger partial charge in [0.2, 0.25) is 0 Å². The molecule has 2 aromatic rings. The first kappa shape index (κ1) is 31.6. The number of hydrogen-bond donors (Lipinski definition) is 0. The smallest absolute Gasteiger partial charge is 0.410 e. The molecule has 0 saturated carbocycles. The van der Waals surface area contributed by atoms with Crippen LogP contribution in [0.25, 0.3) is 0 Å². The van der Waals surface area contributed by atoms with Gasteiger partial charge in [0.15, 0.2) is 8.32 Å². The second-order valence-electron chi connectivity index (χ2n) is 15.1. The topological polar surface area (TPSA) is 40.6 Å². The summed E-state index contributed by atoms with van der Waals surface area (Å²) in [5.74, 6) is -0.931. The maximum Gasteiger partial charge on any atom is 0.416 e. The molecule has 4 nitrogen and oxygen atoms in total. The summed E-state index contributed by atoms with van der Waals surface area (Å²) < 4.78 is 75.9. The van der Waals surface area contributed by atoms with Gasteiger partial charge in [-0.2, -0.15) is 13.2 Å². The number of pyridine rings is 1. The SMILES string of the molecule is CC(C)c1nc2c(c3c1C(c1ccc(C(F)(F)F)cc1F)OC31CCOCC1)C(O[Si](C)(C)C(C)(C)C)CC(C)(C)C2. The number of alkyl halides is 3. The van der Waals surface area contributed by atoms with Crippen LogP contribution in [-0.2, 0) is 32.1 Å². The van der Waals surface area contributed by atoms with Crippen LogP contribution in [0.1, 0.15) is 125 Å². The van der Waals surface area contributed by atoms with E-state index in [-0.39, 0.29) is 28.0 Å². The Kier molecular flexibility index (Phi) is 7.81. The Labute approximate surface area is 248 Å². The van der Waals surface area contributed by atoms with Gasteiger partial charge in [-0.05, 0) is 60.0 Å². The normalized spacial score (nSPS) is 23.8. The van der Waals surface area contributed by atoms with Crippen LogP contribution in [0.15, 0.2) is 18.2 Å². The molecule has 42 heavy (non-hydrogen) atoms. The molecule has 0 amide bonds. The molecule has 1 saturated heterocycles. The average molecular weight is 608 g/mol. The molecule has 3 aliphatic rings. The van der Waals surface area contributed by atoms with Crippen LogP contribution in [-0.4, -0.2) is 26.5 Å². The maximum absolute atomic E-state index is 15.6. The molecule has 1 aromatic carbocycles. The van der Waals surface area contributed by atoms with E-state index >= 15 is 4.39 Å². The van der Waals surface area contributed by atoms with Crippen molar-refractivity contribution in [1.29, 1.82) is 0 Å². The van der Waals surface area contributed by atoms with Crippen LogP contribution in [0.2, 0.25) is 18.1 Å². The standard InChI is InChI=1S/C33H45F4NO3Si/c1-19(2)28-26-27(25-23(38-28)17-31(6,7)18-24(25)41-42(8,9)30(3,4)5)32(12-14-39-15-13-32)40-29(26)21-11-10-20(16-22(21)34)33(35,36)37/h10-11,16,19,24,29H,12-15,17-18H2,1-9H3. The van der Waals surface area contributed by atoms with E-state index < -0.39 is 37.6 Å². The predicted molar refractivity (Wildman–Crippen MR) is 158 cm³/mol. The van der Waals surface area contributed by atoms with E-state index in [1.54, 1.807) is 0 Å². The molecule has 1 aliphatic carbocycles. The lowest BCUT2D eigenvalue weighted by atomic mass is 9.70. The molecule has 5 rings (SSSR count). The summed E-state index contributed by atoms with van der Waals surface area (Å²) in [6, 6.07) is 2.77. The summed E-state index contributed by atoms with van der Waals surface area (Å²) in [4.78, 5) is 5.28. The van der Waals surface area contributed by atoms with Gasteiger partial charge in [0.05, 0.1) is 17.3 Å². The zero-order valence-electron chi connectivity index (χ0n) is 26.4. The number of rotatable bonds is 4. The minimum Gasteiger partial charge on any atom is -0.410 e. The lowest BCUT2D eigenvalue weighted by Crippen LogP contribution is -2.45. The van der Waals surface area contributed by atoms with Gasteiger partial charge in [-0.1, -0.05) is 54.5 Å². The van der Waals surface area contributed by atoms with Gasteiger partial charge in [-0.3, -0.25) is 4.98 Å². The number of hydrogen-bond acceptors (Lipinski definition) is 4. The second kappa shape index (κ2) is 10.4. The molecule has 0 radical (unpaired) electrons. The van der Waals surface area contributed by atoms with Crippen molar-refractivity contribution in [2.75, 3.05) is 13.2 Å². The van der Waals surface area contributed by atoms with Crippen molar-refractivity contribution in [3.63, 3.8) is 0 Å². The van der Waals surface area contributed by atoms with Crippen LogP contribution in [0.5, 0.6) is 0 Å². The van der Waals surface area contributed by atoms with E-state index in [2.05, 4.69) is 61.6 Å². The predicted octanol–water partition coefficient (Wildman–Crippen LogP) is 9.52. The van der Waals surface area contributed by atoms with Gasteiger partial charge < -0.3 is 13.9 Å². The van der Waals surface area contributed by atoms with E-state index in [0.29, 0.717) is 32.1 Å². The summed E-state index contributed by atoms with van der Waals surface area (Å²) in [7, 11) is -2.23. The van der Waals surface area contributed by atoms with E-state index in [0.717, 1.165) is 47.0 Å². The van der Waals surface area contributed by atoms with Crippen LogP contribution >= 0.6 is 0 Å². The number of benzene rings is 1. The zero-order chi connectivity index (χ0) is 31.0. The van der Waals surface area contributed by atoms with Gasteiger partial charge >= 0.3 is 6.18 Å². The fourth-order valence-corrected chi connectivity index (χ4v) is 7.94. The van der Waals surface area contributed by atoms with E-state index in [1.807, 2.05) is 0 Å². The summed E-state index contributed by atoms with van der Waals surface area (Å²) in [5, 5.41) is -0.0119. The Morgan fingerprint density at radius 1 is 1.05 bits per heavy atom. The van der Waals surface area contributed by atoms with Gasteiger partial charge in [-0.25, -0.2) is 4.39 Å². The zero-order valence-corrected chi connectivity index (χ0v) is 27.4. The largest absolute Gasteiger partial charge is 0.416 e. The molecule has 2 atom stereocenters. The van der Waals surface area contributed by atoms with Gasteiger partial charge in [0.25, 0.3) is 0 Å². The quantitative estimate of drug-likeness (QED) is 0.256. The molecular weight excluding hydrogens is 562 g/mol. The molecule has 1 fully saturated rings. The highest BCUT2D eigenvalue weighted by Crippen LogP contribution is 2.59. The van der Waals surface area contributed by atoms with E-state index in [4.69, 9.17) is 18.9 Å². The molecule has 0 N–H and O–H groups in total. The number of halogens is 4. The third-order valence-corrected chi connectivity index (χ3v) is 14.3. The fourth-order valence-electron chi connectivity index (χ4n) is 6.67. The third kappa shape index (κ3) is 5.48. The Balaban J connectivity index is 1.79. The first-order chi connectivity index (χ1) is 19.3. The maximum atomic E-state index is 15.6. The van der Waals surface area contributed by atoms with E-state index in [9.17, 15) is 13.2 Å². The second-order valence-corrected chi connectivity index (χ2v) is 19.8. The van der Waals surface area contributed by atoms with Crippen molar-refractivity contribution in [2.24, 2.45) is 5.41 Å². The Bertz CT molecular complexity index is 1360. The molecular formula is C33H45F4NO3Si. The van der Waals surface area contributed by atoms with Crippen molar-refractivity contribution in [3.05, 3.63) is 63.2 Å². The summed E-state index contributed by atoms with van der Waals surface area (Å²) in [5.41, 5.74) is 2.97. The number of aromatic nitrogens is 1. The fraction of sp³-hybridized carbons (Fsp3) is 0.667. The molecule has 2 unspecified atom stereocenters. The monoisotopic (exact) mass is 607 g/mol. The van der Waals surface area contributed by atoms with Crippen LogP contribution < -0.4 is 0 Å². The average Bonchev–Trinajstić information content (AvgIpc) is 3.15. The highest BCUT2D eigenvalue weighted by atomic mass is 28.4. The molecule has 3 heterocycles. The van der Waals surface area contributed by atoms with E-state index in [1.165, 1.54) is 6.07 Å². The van der Waals surface area contributed by atoms with Gasteiger partial charge in [0, 0.05) is 54.1 Å². The minimum absolute atomic E-state index is 0.00699. The first-order valence-electron chi connectivity index (χ1n) is 15.1. The number of fused-ring (bicyclic) bond motifs is 4. The van der Waals surface area contributed by atoms with Crippen molar-refractivity contribution in [2.45, 2.75) is 122 Å². The molecule has 232 valence electrons. The molecule has 1 aromatic heterocycles. The Morgan fingerprint density at radius 2 is 1.69 bits per heavy atom. The number of nitrogens with zero attached hydrogens (tertiary/aromatic N) is 1. The molecule has 9 heteroatoms. The highest BCUT2D eigenvalue weighted by Gasteiger charge is 2.54. The highest BCUT2D eigenvalue weighted by molar-refractivity contribution is 6.74. The van der Waals surface area contributed by atoms with Crippen molar-refractivity contribution >= 4 is 8.32 Å². The number of ether oxygens (including phenoxy) is 2. The first-order valence-corrected chi connectivity index (χ1v) is 18.0. The van der Waals surface area contributed by atoms with Crippen molar-refractivity contribution < 1.29 is 31.5 Å². The van der Waals surface area contributed by atoms with Crippen LogP contribution in [0.4, 0.5) is 17.6 Å². The molecule has 1 spiro atoms. The van der Waals surface area contributed by atoms with Gasteiger partial charge in [-0.15, -0.1) is 0 Å².